The quantitative estimate of drug-likeness (QED) is 0.570. The molecule has 3 aliphatic rings. The summed E-state index contributed by atoms with van der Waals surface area (Å²) in [5, 5.41) is 0. The first kappa shape index (κ1) is 16.2. The molecule has 1 heterocycles. The Balaban J connectivity index is 2.05. The first-order valence-corrected chi connectivity index (χ1v) is 8.26. The molecular formula is C17H19ClO5. The second kappa shape index (κ2) is 5.78. The average Bonchev–Trinajstić information content (AvgIpc) is 2.89. The molecule has 0 aromatic heterocycles. The van der Waals surface area contributed by atoms with Gasteiger partial charge in [0.2, 0.25) is 0 Å². The van der Waals surface area contributed by atoms with Crippen LogP contribution in [-0.2, 0) is 23.9 Å². The van der Waals surface area contributed by atoms with Gasteiger partial charge in [-0.25, -0.2) is 0 Å². The van der Waals surface area contributed by atoms with Gasteiger partial charge < -0.3 is 9.47 Å². The van der Waals surface area contributed by atoms with Crippen LogP contribution in [0.2, 0.25) is 0 Å². The van der Waals surface area contributed by atoms with Gasteiger partial charge in [-0.1, -0.05) is 18.1 Å². The maximum atomic E-state index is 12.3. The predicted octanol–water partition coefficient (Wildman–Crippen LogP) is 2.18. The van der Waals surface area contributed by atoms with Gasteiger partial charge in [0.1, 0.15) is 18.1 Å². The van der Waals surface area contributed by atoms with E-state index in [0.717, 1.165) is 11.1 Å². The van der Waals surface area contributed by atoms with Crippen molar-refractivity contribution in [2.45, 2.75) is 39.4 Å². The third-order valence-corrected chi connectivity index (χ3v) is 5.34. The number of esters is 2. The molecular weight excluding hydrogens is 320 g/mol. The normalized spacial score (nSPS) is 36.2. The number of carbonyl (C=O) groups excluding carboxylic acids is 3. The van der Waals surface area contributed by atoms with Gasteiger partial charge in [0.05, 0.1) is 5.92 Å². The first-order valence-electron chi connectivity index (χ1n) is 7.73. The zero-order valence-electron chi connectivity index (χ0n) is 13.3. The Bertz CT molecular complexity index is 647. The molecule has 0 amide bonds. The number of hydrogen-bond acceptors (Lipinski definition) is 5. The summed E-state index contributed by atoms with van der Waals surface area (Å²) in [6, 6.07) is 0. The molecule has 23 heavy (non-hydrogen) atoms. The van der Waals surface area contributed by atoms with Crippen LogP contribution in [0.25, 0.3) is 0 Å². The molecule has 1 aliphatic heterocycles. The zero-order chi connectivity index (χ0) is 16.9. The van der Waals surface area contributed by atoms with Crippen LogP contribution in [-0.4, -0.2) is 35.8 Å². The minimum Gasteiger partial charge on any atom is -0.461 e. The highest BCUT2D eigenvalue weighted by Crippen LogP contribution is 2.48. The van der Waals surface area contributed by atoms with E-state index in [0.29, 0.717) is 12.0 Å². The Morgan fingerprint density at radius 2 is 2.09 bits per heavy atom. The Kier molecular flexibility index (Phi) is 4.08. The fourth-order valence-corrected chi connectivity index (χ4v) is 4.17. The van der Waals surface area contributed by atoms with Gasteiger partial charge in [0, 0.05) is 23.8 Å². The van der Waals surface area contributed by atoms with E-state index in [1.165, 1.54) is 0 Å². The largest absolute Gasteiger partial charge is 0.461 e. The first-order chi connectivity index (χ1) is 10.8. The fourth-order valence-electron chi connectivity index (χ4n) is 4.11. The van der Waals surface area contributed by atoms with Crippen LogP contribution in [0.15, 0.2) is 22.8 Å². The SMILES string of the molecule is CC1=CC(=O)C2=C(C)C[C@@H](OC(=O)CCl)[C@H]3[C@@H](OC(=O)[C@@H]3C)[C@@H]12. The molecule has 0 radical (unpaired) electrons. The summed E-state index contributed by atoms with van der Waals surface area (Å²) in [6.07, 6.45) is 1.05. The summed E-state index contributed by atoms with van der Waals surface area (Å²) < 4.78 is 11.1. The second-order valence-electron chi connectivity index (χ2n) is 6.56. The van der Waals surface area contributed by atoms with E-state index in [1.54, 1.807) is 13.0 Å². The molecule has 0 aromatic rings. The number of ether oxygens (including phenoxy) is 2. The maximum Gasteiger partial charge on any atom is 0.321 e. The van der Waals surface area contributed by atoms with Gasteiger partial charge in [-0.2, -0.15) is 0 Å². The highest BCUT2D eigenvalue weighted by atomic mass is 35.5. The molecule has 0 bridgehead atoms. The standard InChI is InChI=1S/C17H19ClO5/c1-7-4-10(19)13-8(2)5-11(22-12(20)6-18)15-9(3)17(21)23-16(15)14(7)13/h4,9,11,14-16H,5-6H2,1-3H3/t9-,11-,14+,15+,16+/m1/s1. The van der Waals surface area contributed by atoms with E-state index in [-0.39, 0.29) is 35.4 Å². The van der Waals surface area contributed by atoms with Crippen molar-refractivity contribution in [2.75, 3.05) is 5.88 Å². The third kappa shape index (κ3) is 2.51. The second-order valence-corrected chi connectivity index (χ2v) is 6.83. The molecule has 5 atom stereocenters. The number of allylic oxidation sites excluding steroid dienone is 1. The molecule has 124 valence electrons. The van der Waals surface area contributed by atoms with Crippen molar-refractivity contribution < 1.29 is 23.9 Å². The van der Waals surface area contributed by atoms with E-state index < -0.39 is 18.2 Å². The fraction of sp³-hybridized carbons (Fsp3) is 0.588. The van der Waals surface area contributed by atoms with Gasteiger partial charge in [0.25, 0.3) is 0 Å². The average molecular weight is 339 g/mol. The van der Waals surface area contributed by atoms with E-state index in [4.69, 9.17) is 21.1 Å². The molecule has 0 aromatic carbocycles. The highest BCUT2D eigenvalue weighted by Gasteiger charge is 2.55. The number of fused-ring (bicyclic) bond motifs is 3. The number of alkyl halides is 1. The van der Waals surface area contributed by atoms with E-state index >= 15 is 0 Å². The Hall–Kier alpha value is -1.62. The molecule has 1 fully saturated rings. The monoisotopic (exact) mass is 338 g/mol. The van der Waals surface area contributed by atoms with Gasteiger partial charge in [-0.3, -0.25) is 14.4 Å². The lowest BCUT2D eigenvalue weighted by Crippen LogP contribution is -2.38. The van der Waals surface area contributed by atoms with E-state index in [1.807, 2.05) is 13.8 Å². The number of halogens is 1. The lowest BCUT2D eigenvalue weighted by atomic mass is 9.79. The minimum absolute atomic E-state index is 0.0383. The smallest absolute Gasteiger partial charge is 0.321 e. The molecule has 0 saturated carbocycles. The van der Waals surface area contributed by atoms with Crippen molar-refractivity contribution in [2.24, 2.45) is 17.8 Å². The minimum atomic E-state index is -0.523. The van der Waals surface area contributed by atoms with Crippen molar-refractivity contribution in [3.05, 3.63) is 22.8 Å². The van der Waals surface area contributed by atoms with Crippen molar-refractivity contribution in [1.29, 1.82) is 0 Å². The Labute approximate surface area is 139 Å². The molecule has 5 nitrogen and oxygen atoms in total. The number of carbonyl (C=O) groups is 3. The number of ketones is 1. The summed E-state index contributed by atoms with van der Waals surface area (Å²) in [6.45, 7) is 5.54. The molecule has 0 spiro atoms. The van der Waals surface area contributed by atoms with Crippen molar-refractivity contribution in [3.63, 3.8) is 0 Å². The summed E-state index contributed by atoms with van der Waals surface area (Å²) >= 11 is 5.55. The summed E-state index contributed by atoms with van der Waals surface area (Å²) in [5.74, 6) is -2.01. The van der Waals surface area contributed by atoms with Gasteiger partial charge in [-0.15, -0.1) is 11.6 Å². The van der Waals surface area contributed by atoms with Gasteiger partial charge in [0.15, 0.2) is 5.78 Å². The van der Waals surface area contributed by atoms with Crippen molar-refractivity contribution >= 4 is 29.3 Å². The van der Waals surface area contributed by atoms with Crippen LogP contribution in [0.4, 0.5) is 0 Å². The third-order valence-electron chi connectivity index (χ3n) is 5.12. The van der Waals surface area contributed by atoms with Crippen molar-refractivity contribution in [3.8, 4) is 0 Å². The Morgan fingerprint density at radius 1 is 1.39 bits per heavy atom. The lowest BCUT2D eigenvalue weighted by molar-refractivity contribution is -0.150. The molecule has 2 aliphatic carbocycles. The van der Waals surface area contributed by atoms with Crippen LogP contribution in [0.1, 0.15) is 27.2 Å². The van der Waals surface area contributed by atoms with E-state index in [2.05, 4.69) is 0 Å². The molecule has 6 heteroatoms. The number of hydrogen-bond donors (Lipinski definition) is 0. The predicted molar refractivity (Wildman–Crippen MR) is 82.7 cm³/mol. The number of rotatable bonds is 2. The molecule has 3 rings (SSSR count). The molecule has 0 unspecified atom stereocenters. The molecule has 1 saturated heterocycles. The summed E-state index contributed by atoms with van der Waals surface area (Å²) in [7, 11) is 0. The highest BCUT2D eigenvalue weighted by molar-refractivity contribution is 6.26. The van der Waals surface area contributed by atoms with Gasteiger partial charge >= 0.3 is 11.9 Å². The van der Waals surface area contributed by atoms with Crippen LogP contribution < -0.4 is 0 Å². The Morgan fingerprint density at radius 3 is 2.74 bits per heavy atom. The summed E-state index contributed by atoms with van der Waals surface area (Å²) in [5.41, 5.74) is 2.47. The molecule has 0 N–H and O–H groups in total. The lowest BCUT2D eigenvalue weighted by Gasteiger charge is -2.29. The van der Waals surface area contributed by atoms with Crippen LogP contribution >= 0.6 is 11.6 Å². The van der Waals surface area contributed by atoms with Crippen LogP contribution in [0, 0.1) is 17.8 Å². The van der Waals surface area contributed by atoms with Gasteiger partial charge in [-0.05, 0) is 19.9 Å². The maximum absolute atomic E-state index is 12.3. The zero-order valence-corrected chi connectivity index (χ0v) is 14.1. The van der Waals surface area contributed by atoms with Crippen LogP contribution in [0.3, 0.4) is 0 Å². The van der Waals surface area contributed by atoms with Crippen LogP contribution in [0.5, 0.6) is 0 Å². The topological polar surface area (TPSA) is 69.7 Å². The van der Waals surface area contributed by atoms with E-state index in [9.17, 15) is 14.4 Å². The van der Waals surface area contributed by atoms with Crippen molar-refractivity contribution in [1.82, 2.24) is 0 Å². The summed E-state index contributed by atoms with van der Waals surface area (Å²) in [4.78, 5) is 36.1.